The van der Waals surface area contributed by atoms with Crippen LogP contribution in [0.25, 0.3) is 0 Å². The van der Waals surface area contributed by atoms with E-state index >= 15 is 0 Å². The first-order valence-corrected chi connectivity index (χ1v) is 10.2. The molecule has 0 saturated heterocycles. The molecule has 0 aliphatic heterocycles. The molecule has 0 saturated carbocycles. The summed E-state index contributed by atoms with van der Waals surface area (Å²) < 4.78 is 10.1. The summed E-state index contributed by atoms with van der Waals surface area (Å²) in [6.45, 7) is 5.09. The second kappa shape index (κ2) is 15.9. The SMILES string of the molecule is C=CCC(=O)OC(COC(C)=O)CSCC(N)C(=O)NCCCCCC(=O)O. The standard InChI is InChI=1S/C18H30N2O7S/c1-3-7-17(24)27-14(10-26-13(2)21)11-28-12-15(19)18(25)20-9-6-4-5-8-16(22)23/h3,14-15H,1,4-12,19H2,2H3,(H,20,25)(H,22,23). The molecule has 0 aromatic carbocycles. The number of hydrogen-bond acceptors (Lipinski definition) is 8. The Hall–Kier alpha value is -2.07. The predicted octanol–water partition coefficient (Wildman–Crippen LogP) is 0.859. The van der Waals surface area contributed by atoms with E-state index in [2.05, 4.69) is 11.9 Å². The van der Waals surface area contributed by atoms with Gasteiger partial charge in [-0.3, -0.25) is 19.2 Å². The maximum atomic E-state index is 11.9. The van der Waals surface area contributed by atoms with Crippen molar-refractivity contribution in [2.75, 3.05) is 24.7 Å². The van der Waals surface area contributed by atoms with Gasteiger partial charge in [-0.05, 0) is 12.8 Å². The van der Waals surface area contributed by atoms with Crippen LogP contribution in [0.2, 0.25) is 0 Å². The molecular weight excluding hydrogens is 388 g/mol. The highest BCUT2D eigenvalue weighted by Crippen LogP contribution is 2.10. The molecule has 4 N–H and O–H groups in total. The summed E-state index contributed by atoms with van der Waals surface area (Å²) >= 11 is 1.31. The van der Waals surface area contributed by atoms with Gasteiger partial charge in [-0.25, -0.2) is 0 Å². The molecule has 2 atom stereocenters. The molecular formula is C18H30N2O7S. The topological polar surface area (TPSA) is 145 Å². The maximum Gasteiger partial charge on any atom is 0.310 e. The first-order valence-electron chi connectivity index (χ1n) is 9.02. The number of carboxylic acid groups (broad SMARTS) is 1. The number of carbonyl (C=O) groups is 4. The van der Waals surface area contributed by atoms with E-state index in [9.17, 15) is 19.2 Å². The lowest BCUT2D eigenvalue weighted by molar-refractivity contribution is -0.155. The van der Waals surface area contributed by atoms with E-state index in [1.807, 2.05) is 0 Å². The van der Waals surface area contributed by atoms with Crippen molar-refractivity contribution in [3.63, 3.8) is 0 Å². The molecule has 0 bridgehead atoms. The second-order valence-corrected chi connectivity index (χ2v) is 7.12. The lowest BCUT2D eigenvalue weighted by atomic mass is 10.2. The van der Waals surface area contributed by atoms with Crippen molar-refractivity contribution >= 4 is 35.6 Å². The lowest BCUT2D eigenvalue weighted by Gasteiger charge is -2.18. The Morgan fingerprint density at radius 3 is 2.54 bits per heavy atom. The summed E-state index contributed by atoms with van der Waals surface area (Å²) in [5.74, 6) is -1.45. The number of hydrogen-bond donors (Lipinski definition) is 3. The van der Waals surface area contributed by atoms with Crippen LogP contribution >= 0.6 is 11.8 Å². The summed E-state index contributed by atoms with van der Waals surface area (Å²) in [5, 5.41) is 11.3. The average molecular weight is 419 g/mol. The van der Waals surface area contributed by atoms with Crippen LogP contribution in [-0.2, 0) is 28.7 Å². The van der Waals surface area contributed by atoms with E-state index in [1.54, 1.807) is 0 Å². The summed E-state index contributed by atoms with van der Waals surface area (Å²) in [6, 6.07) is -0.734. The zero-order chi connectivity index (χ0) is 21.4. The monoisotopic (exact) mass is 418 g/mol. The Bertz CT molecular complexity index is 528. The third-order valence-electron chi connectivity index (χ3n) is 3.39. The fraction of sp³-hybridized carbons (Fsp3) is 0.667. The lowest BCUT2D eigenvalue weighted by Crippen LogP contribution is -2.43. The number of esters is 2. The second-order valence-electron chi connectivity index (χ2n) is 6.05. The molecule has 2 unspecified atom stereocenters. The quantitative estimate of drug-likeness (QED) is 0.189. The smallest absolute Gasteiger partial charge is 0.310 e. The largest absolute Gasteiger partial charge is 0.481 e. The number of unbranched alkanes of at least 4 members (excludes halogenated alkanes) is 2. The van der Waals surface area contributed by atoms with Crippen LogP contribution in [0.15, 0.2) is 12.7 Å². The van der Waals surface area contributed by atoms with Crippen LogP contribution < -0.4 is 11.1 Å². The summed E-state index contributed by atoms with van der Waals surface area (Å²) in [5.41, 5.74) is 5.84. The first kappa shape index (κ1) is 25.9. The predicted molar refractivity (Wildman–Crippen MR) is 106 cm³/mol. The van der Waals surface area contributed by atoms with Gasteiger partial charge in [0.1, 0.15) is 12.7 Å². The number of rotatable bonds is 16. The number of aliphatic carboxylic acids is 1. The molecule has 0 spiro atoms. The summed E-state index contributed by atoms with van der Waals surface area (Å²) in [6.07, 6.45) is 2.92. The van der Waals surface area contributed by atoms with Crippen molar-refractivity contribution in [1.82, 2.24) is 5.32 Å². The Morgan fingerprint density at radius 1 is 1.21 bits per heavy atom. The van der Waals surface area contributed by atoms with Gasteiger partial charge in [0.25, 0.3) is 0 Å². The van der Waals surface area contributed by atoms with Crippen LogP contribution in [0.3, 0.4) is 0 Å². The Balaban J connectivity index is 4.11. The Kier molecular flexibility index (Phi) is 14.8. The normalized spacial score (nSPS) is 12.5. The van der Waals surface area contributed by atoms with E-state index in [0.29, 0.717) is 37.3 Å². The highest BCUT2D eigenvalue weighted by molar-refractivity contribution is 7.99. The van der Waals surface area contributed by atoms with Crippen LogP contribution in [0.4, 0.5) is 0 Å². The van der Waals surface area contributed by atoms with Crippen molar-refractivity contribution in [2.24, 2.45) is 5.73 Å². The highest BCUT2D eigenvalue weighted by atomic mass is 32.2. The third-order valence-corrected chi connectivity index (χ3v) is 4.59. The van der Waals surface area contributed by atoms with Crippen molar-refractivity contribution in [3.8, 4) is 0 Å². The molecule has 0 aromatic rings. The molecule has 0 heterocycles. The van der Waals surface area contributed by atoms with Gasteiger partial charge in [0.15, 0.2) is 0 Å². The fourth-order valence-electron chi connectivity index (χ4n) is 2.00. The highest BCUT2D eigenvalue weighted by Gasteiger charge is 2.18. The molecule has 0 aliphatic rings. The minimum atomic E-state index is -0.828. The Labute approximate surface area is 169 Å². The number of thioether (sulfide) groups is 1. The number of carboxylic acids is 1. The zero-order valence-corrected chi connectivity index (χ0v) is 17.0. The summed E-state index contributed by atoms with van der Waals surface area (Å²) in [7, 11) is 0. The number of ether oxygens (including phenoxy) is 2. The Morgan fingerprint density at radius 2 is 1.93 bits per heavy atom. The van der Waals surface area contributed by atoms with Crippen LogP contribution in [-0.4, -0.2) is 65.7 Å². The molecule has 0 rings (SSSR count). The van der Waals surface area contributed by atoms with Gasteiger partial charge in [-0.1, -0.05) is 12.5 Å². The van der Waals surface area contributed by atoms with E-state index in [4.69, 9.17) is 20.3 Å². The van der Waals surface area contributed by atoms with Gasteiger partial charge < -0.3 is 25.6 Å². The van der Waals surface area contributed by atoms with E-state index in [0.717, 1.165) is 0 Å². The van der Waals surface area contributed by atoms with Crippen molar-refractivity contribution in [2.45, 2.75) is 51.2 Å². The molecule has 10 heteroatoms. The number of nitrogens with one attached hydrogen (secondary N) is 1. The molecule has 0 aliphatic carbocycles. The zero-order valence-electron chi connectivity index (χ0n) is 16.2. The molecule has 160 valence electrons. The van der Waals surface area contributed by atoms with Gasteiger partial charge >= 0.3 is 17.9 Å². The fourth-order valence-corrected chi connectivity index (χ4v) is 2.97. The molecule has 0 radical (unpaired) electrons. The molecule has 1 amide bonds. The van der Waals surface area contributed by atoms with Crippen molar-refractivity contribution in [1.29, 1.82) is 0 Å². The van der Waals surface area contributed by atoms with E-state index < -0.39 is 30.1 Å². The maximum absolute atomic E-state index is 11.9. The molecule has 28 heavy (non-hydrogen) atoms. The number of amides is 1. The molecule has 9 nitrogen and oxygen atoms in total. The van der Waals surface area contributed by atoms with Crippen LogP contribution in [0.1, 0.15) is 39.0 Å². The average Bonchev–Trinajstić information content (AvgIpc) is 2.61. The van der Waals surface area contributed by atoms with Gasteiger partial charge in [0, 0.05) is 31.4 Å². The van der Waals surface area contributed by atoms with Gasteiger partial charge in [-0.2, -0.15) is 11.8 Å². The van der Waals surface area contributed by atoms with E-state index in [-0.39, 0.29) is 25.4 Å². The third kappa shape index (κ3) is 15.0. The van der Waals surface area contributed by atoms with Crippen LogP contribution in [0.5, 0.6) is 0 Å². The first-order chi connectivity index (χ1) is 13.3. The summed E-state index contributed by atoms with van der Waals surface area (Å²) in [4.78, 5) is 44.8. The van der Waals surface area contributed by atoms with Crippen molar-refractivity contribution in [3.05, 3.63) is 12.7 Å². The van der Waals surface area contributed by atoms with Gasteiger partial charge in [0.2, 0.25) is 5.91 Å². The van der Waals surface area contributed by atoms with Gasteiger partial charge in [0.05, 0.1) is 12.5 Å². The van der Waals surface area contributed by atoms with Crippen molar-refractivity contribution < 1.29 is 33.8 Å². The van der Waals surface area contributed by atoms with Gasteiger partial charge in [-0.15, -0.1) is 6.58 Å². The number of carbonyl (C=O) groups excluding carboxylic acids is 3. The number of nitrogens with two attached hydrogens (primary N) is 1. The molecule has 0 fully saturated rings. The van der Waals surface area contributed by atoms with Crippen LogP contribution in [0, 0.1) is 0 Å². The minimum absolute atomic E-state index is 0.0512. The van der Waals surface area contributed by atoms with E-state index in [1.165, 1.54) is 24.8 Å². The molecule has 0 aromatic heterocycles. The minimum Gasteiger partial charge on any atom is -0.481 e.